The molecule has 0 radical (unpaired) electrons. The Hall–Kier alpha value is -0.150. The zero-order valence-electron chi connectivity index (χ0n) is 5.96. The molecule has 0 saturated carbocycles. The summed E-state index contributed by atoms with van der Waals surface area (Å²) in [5, 5.41) is 0. The molecule has 0 aromatic heterocycles. The highest BCUT2D eigenvalue weighted by Gasteiger charge is 1.91. The Balaban J connectivity index is 2.56. The van der Waals surface area contributed by atoms with Crippen LogP contribution in [0.1, 0.15) is 0 Å². The highest BCUT2D eigenvalue weighted by molar-refractivity contribution is 9.10. The van der Waals surface area contributed by atoms with Crippen LogP contribution in [0.3, 0.4) is 0 Å². The van der Waals surface area contributed by atoms with Crippen LogP contribution in [-0.2, 0) is 0 Å². The highest BCUT2D eigenvalue weighted by atomic mass is 79.9. The zero-order chi connectivity index (χ0) is 8.10. The van der Waals surface area contributed by atoms with Gasteiger partial charge in [0.25, 0.3) is 0 Å². The Labute approximate surface area is 80.3 Å². The van der Waals surface area contributed by atoms with Crippen LogP contribution in [0.25, 0.3) is 0 Å². The predicted octanol–water partition coefficient (Wildman–Crippen LogP) is 2.76. The van der Waals surface area contributed by atoms with E-state index in [9.17, 15) is 0 Å². The molecule has 0 spiro atoms. The van der Waals surface area contributed by atoms with Gasteiger partial charge in [-0.2, -0.15) is 12.6 Å². The molecule has 1 nitrogen and oxygen atoms in total. The first-order chi connectivity index (χ1) is 5.33. The van der Waals surface area contributed by atoms with Crippen LogP contribution in [0, 0.1) is 0 Å². The fourth-order valence-electron chi connectivity index (χ4n) is 0.720. The maximum Gasteiger partial charge on any atom is 0.120 e. The SMILES string of the molecule is SCCOc1cccc(Br)c1. The minimum atomic E-state index is 0.652. The standard InChI is InChI=1S/C8H9BrOS/c9-7-2-1-3-8(6-7)10-4-5-11/h1-3,6,11H,4-5H2. The molecular formula is C8H9BrOS. The smallest absolute Gasteiger partial charge is 0.120 e. The van der Waals surface area contributed by atoms with Crippen molar-refractivity contribution in [3.8, 4) is 5.75 Å². The molecule has 11 heavy (non-hydrogen) atoms. The molecule has 1 rings (SSSR count). The summed E-state index contributed by atoms with van der Waals surface area (Å²) in [7, 11) is 0. The van der Waals surface area contributed by atoms with Gasteiger partial charge in [-0.3, -0.25) is 0 Å². The third-order valence-electron chi connectivity index (χ3n) is 1.16. The molecule has 0 bridgehead atoms. The van der Waals surface area contributed by atoms with E-state index in [1.807, 2.05) is 24.3 Å². The monoisotopic (exact) mass is 232 g/mol. The van der Waals surface area contributed by atoms with Gasteiger partial charge in [0.2, 0.25) is 0 Å². The number of rotatable bonds is 3. The second-order valence-corrected chi connectivity index (χ2v) is 3.39. The first-order valence-corrected chi connectivity index (χ1v) is 4.74. The molecule has 0 aliphatic carbocycles. The van der Waals surface area contributed by atoms with E-state index in [1.165, 1.54) is 0 Å². The van der Waals surface area contributed by atoms with Crippen molar-refractivity contribution in [3.05, 3.63) is 28.7 Å². The Morgan fingerprint density at radius 3 is 2.91 bits per heavy atom. The molecule has 0 aliphatic heterocycles. The van der Waals surface area contributed by atoms with E-state index in [4.69, 9.17) is 4.74 Å². The summed E-state index contributed by atoms with van der Waals surface area (Å²) in [4.78, 5) is 0. The van der Waals surface area contributed by atoms with Crippen molar-refractivity contribution >= 4 is 28.6 Å². The van der Waals surface area contributed by atoms with Crippen molar-refractivity contribution in [3.63, 3.8) is 0 Å². The van der Waals surface area contributed by atoms with Gasteiger partial charge in [-0.1, -0.05) is 22.0 Å². The maximum atomic E-state index is 5.33. The zero-order valence-corrected chi connectivity index (χ0v) is 8.44. The minimum absolute atomic E-state index is 0.652. The summed E-state index contributed by atoms with van der Waals surface area (Å²) < 4.78 is 6.37. The van der Waals surface area contributed by atoms with Gasteiger partial charge < -0.3 is 4.74 Å². The lowest BCUT2D eigenvalue weighted by molar-refractivity contribution is 0.344. The lowest BCUT2D eigenvalue weighted by Crippen LogP contribution is -1.97. The summed E-state index contributed by atoms with van der Waals surface area (Å²) >= 11 is 7.40. The molecule has 0 amide bonds. The van der Waals surface area contributed by atoms with E-state index in [1.54, 1.807) is 0 Å². The average Bonchev–Trinajstić information content (AvgIpc) is 2.01. The molecule has 1 aromatic carbocycles. The van der Waals surface area contributed by atoms with E-state index >= 15 is 0 Å². The van der Waals surface area contributed by atoms with Crippen LogP contribution in [0.4, 0.5) is 0 Å². The maximum absolute atomic E-state index is 5.33. The van der Waals surface area contributed by atoms with Gasteiger partial charge in [-0.15, -0.1) is 0 Å². The number of hydrogen-bond acceptors (Lipinski definition) is 2. The molecule has 0 atom stereocenters. The molecule has 0 heterocycles. The van der Waals surface area contributed by atoms with Crippen LogP contribution >= 0.6 is 28.6 Å². The second kappa shape index (κ2) is 4.67. The summed E-state index contributed by atoms with van der Waals surface area (Å²) in [6.45, 7) is 0.652. The predicted molar refractivity (Wildman–Crippen MR) is 53.5 cm³/mol. The molecule has 0 fully saturated rings. The van der Waals surface area contributed by atoms with Crippen LogP contribution < -0.4 is 4.74 Å². The summed E-state index contributed by atoms with van der Waals surface area (Å²) in [5.74, 6) is 1.63. The number of hydrogen-bond donors (Lipinski definition) is 1. The van der Waals surface area contributed by atoms with E-state index in [-0.39, 0.29) is 0 Å². The van der Waals surface area contributed by atoms with Crippen LogP contribution in [0.2, 0.25) is 0 Å². The largest absolute Gasteiger partial charge is 0.493 e. The van der Waals surface area contributed by atoms with E-state index in [0.717, 1.165) is 16.0 Å². The Bertz CT molecular complexity index is 227. The summed E-state index contributed by atoms with van der Waals surface area (Å²) in [6, 6.07) is 7.77. The molecule has 60 valence electrons. The highest BCUT2D eigenvalue weighted by Crippen LogP contribution is 2.17. The Kier molecular flexibility index (Phi) is 3.80. The topological polar surface area (TPSA) is 9.23 Å². The van der Waals surface area contributed by atoms with Gasteiger partial charge in [0, 0.05) is 10.2 Å². The van der Waals surface area contributed by atoms with Gasteiger partial charge >= 0.3 is 0 Å². The average molecular weight is 233 g/mol. The number of ether oxygens (including phenoxy) is 1. The van der Waals surface area contributed by atoms with E-state index in [0.29, 0.717) is 6.61 Å². The van der Waals surface area contributed by atoms with Crippen molar-refractivity contribution in [2.45, 2.75) is 0 Å². The van der Waals surface area contributed by atoms with Crippen LogP contribution in [0.5, 0.6) is 5.75 Å². The molecule has 0 saturated heterocycles. The van der Waals surface area contributed by atoms with Crippen molar-refractivity contribution in [2.24, 2.45) is 0 Å². The molecule has 1 aromatic rings. The van der Waals surface area contributed by atoms with Gasteiger partial charge in [-0.25, -0.2) is 0 Å². The fraction of sp³-hybridized carbons (Fsp3) is 0.250. The molecular weight excluding hydrogens is 224 g/mol. The van der Waals surface area contributed by atoms with E-state index < -0.39 is 0 Å². The lowest BCUT2D eigenvalue weighted by Gasteiger charge is -2.02. The first-order valence-electron chi connectivity index (χ1n) is 3.32. The van der Waals surface area contributed by atoms with Crippen molar-refractivity contribution < 1.29 is 4.74 Å². The van der Waals surface area contributed by atoms with Crippen LogP contribution in [0.15, 0.2) is 28.7 Å². The Morgan fingerprint density at radius 1 is 1.45 bits per heavy atom. The normalized spacial score (nSPS) is 9.64. The van der Waals surface area contributed by atoms with Gasteiger partial charge in [-0.05, 0) is 18.2 Å². The van der Waals surface area contributed by atoms with Crippen LogP contribution in [-0.4, -0.2) is 12.4 Å². The van der Waals surface area contributed by atoms with Gasteiger partial charge in [0.15, 0.2) is 0 Å². The third-order valence-corrected chi connectivity index (χ3v) is 1.83. The fourth-order valence-corrected chi connectivity index (χ4v) is 1.19. The molecule has 0 N–H and O–H groups in total. The first kappa shape index (κ1) is 8.94. The van der Waals surface area contributed by atoms with Crippen molar-refractivity contribution in [2.75, 3.05) is 12.4 Å². The molecule has 3 heteroatoms. The lowest BCUT2D eigenvalue weighted by atomic mass is 10.3. The third kappa shape index (κ3) is 3.16. The van der Waals surface area contributed by atoms with E-state index in [2.05, 4.69) is 28.6 Å². The second-order valence-electron chi connectivity index (χ2n) is 2.03. The molecule has 0 aliphatic rings. The van der Waals surface area contributed by atoms with Crippen molar-refractivity contribution in [1.29, 1.82) is 0 Å². The Morgan fingerprint density at radius 2 is 2.27 bits per heavy atom. The number of benzene rings is 1. The summed E-state index contributed by atoms with van der Waals surface area (Å²) in [6.07, 6.45) is 0. The minimum Gasteiger partial charge on any atom is -0.493 e. The number of thiol groups is 1. The quantitative estimate of drug-likeness (QED) is 0.790. The van der Waals surface area contributed by atoms with Gasteiger partial charge in [0.1, 0.15) is 5.75 Å². The van der Waals surface area contributed by atoms with Gasteiger partial charge in [0.05, 0.1) is 6.61 Å². The number of halogens is 1. The molecule has 0 unspecified atom stereocenters. The summed E-state index contributed by atoms with van der Waals surface area (Å²) in [5.41, 5.74) is 0. The van der Waals surface area contributed by atoms with Crippen molar-refractivity contribution in [1.82, 2.24) is 0 Å².